The van der Waals surface area contributed by atoms with Crippen molar-refractivity contribution in [1.29, 1.82) is 0 Å². The minimum absolute atomic E-state index is 0. The molecular formula is C5H14F6NSb. The van der Waals surface area contributed by atoms with Crippen molar-refractivity contribution < 1.29 is 28.2 Å². The second-order valence-electron chi connectivity index (χ2n) is 1.02. The van der Waals surface area contributed by atoms with Crippen molar-refractivity contribution in [2.45, 2.75) is 0 Å². The van der Waals surface area contributed by atoms with E-state index in [-0.39, 0.29) is 52.7 Å². The van der Waals surface area contributed by atoms with Crippen molar-refractivity contribution in [1.82, 2.24) is 4.98 Å². The summed E-state index contributed by atoms with van der Waals surface area (Å²) in [6, 6.07) is 5.72. The fraction of sp³-hybridized carbons (Fsp3) is 0. The molecule has 0 aliphatic heterocycles. The Labute approximate surface area is 88.6 Å². The molecule has 0 bridgehead atoms. The first-order chi connectivity index (χ1) is 3.00. The minimum Gasteiger partial charge on any atom is -0.265 e. The summed E-state index contributed by atoms with van der Waals surface area (Å²) in [6.07, 6.45) is 3.50. The first-order valence-corrected chi connectivity index (χ1v) is 1.85. The molecule has 1 rings (SSSR count). The molecule has 0 saturated heterocycles. The predicted molar refractivity (Wildman–Crippen MR) is 49.2 cm³/mol. The van der Waals surface area contributed by atoms with Crippen LogP contribution in [-0.4, -0.2) is 29.4 Å². The molecule has 1 aromatic rings. The molecule has 0 radical (unpaired) electrons. The maximum Gasteiger partial charge on any atom is 0.0267 e. The molecule has 1 aromatic heterocycles. The average Bonchev–Trinajstić information content (AvgIpc) is 1.72. The Kier molecular flexibility index (Phi) is 175. The van der Waals surface area contributed by atoms with Gasteiger partial charge in [-0.1, -0.05) is 6.07 Å². The molecule has 0 unspecified atom stereocenters. The van der Waals surface area contributed by atoms with Gasteiger partial charge in [-0.15, -0.1) is 0 Å². The van der Waals surface area contributed by atoms with Crippen molar-refractivity contribution >= 4 is 24.4 Å². The van der Waals surface area contributed by atoms with E-state index in [0.29, 0.717) is 0 Å². The first kappa shape index (κ1) is 54.4. The van der Waals surface area contributed by atoms with Crippen molar-refractivity contribution in [3.63, 3.8) is 0 Å². The standard InChI is InChI=1S/C5H5N.6FH.Sb.3H/c1-2-4-6-5-3-1;;;;;;;;;;/h1-5H;6*1H;;;;. The third-order valence-electron chi connectivity index (χ3n) is 0.566. The fourth-order valence-electron chi connectivity index (χ4n) is 0.313. The van der Waals surface area contributed by atoms with Gasteiger partial charge in [-0.25, -0.2) is 0 Å². The third kappa shape index (κ3) is 34.2. The minimum atomic E-state index is 0. The van der Waals surface area contributed by atoms with E-state index in [0.717, 1.165) is 0 Å². The number of pyridine rings is 1. The topological polar surface area (TPSA) is 12.9 Å². The molecule has 1 nitrogen and oxygen atoms in total. The van der Waals surface area contributed by atoms with Crippen LogP contribution in [0.25, 0.3) is 0 Å². The van der Waals surface area contributed by atoms with E-state index in [1.165, 1.54) is 0 Å². The van der Waals surface area contributed by atoms with Gasteiger partial charge >= 0.3 is 24.4 Å². The summed E-state index contributed by atoms with van der Waals surface area (Å²) in [5.41, 5.74) is 0. The van der Waals surface area contributed by atoms with Gasteiger partial charge in [0.25, 0.3) is 0 Å². The SMILES string of the molecule is F.F.F.F.F.F.[SbH3].c1ccncc1. The summed E-state index contributed by atoms with van der Waals surface area (Å²) >= 11 is 0. The number of halogens is 6. The Hall–Kier alpha value is -0.452. The van der Waals surface area contributed by atoms with Crippen LogP contribution in [0.2, 0.25) is 0 Å². The zero-order valence-corrected chi connectivity index (χ0v) is 10.5. The average molecular weight is 324 g/mol. The van der Waals surface area contributed by atoms with Crippen LogP contribution >= 0.6 is 0 Å². The van der Waals surface area contributed by atoms with Crippen molar-refractivity contribution in [3.8, 4) is 0 Å². The maximum atomic E-state index is 3.78. The fourth-order valence-corrected chi connectivity index (χ4v) is 0.313. The molecule has 86 valence electrons. The van der Waals surface area contributed by atoms with Crippen molar-refractivity contribution in [2.24, 2.45) is 0 Å². The van der Waals surface area contributed by atoms with Crippen LogP contribution < -0.4 is 0 Å². The third-order valence-corrected chi connectivity index (χ3v) is 0.566. The molecule has 0 saturated carbocycles. The molecule has 8 heteroatoms. The Bertz CT molecular complexity index is 92.9. The molecule has 0 N–H and O–H groups in total. The van der Waals surface area contributed by atoms with Crippen molar-refractivity contribution in [3.05, 3.63) is 30.6 Å². The van der Waals surface area contributed by atoms with E-state index < -0.39 is 0 Å². The maximum absolute atomic E-state index is 3.78. The van der Waals surface area contributed by atoms with Gasteiger partial charge in [0.15, 0.2) is 0 Å². The Balaban J connectivity index is -0.0000000103. The summed E-state index contributed by atoms with van der Waals surface area (Å²) in [5.74, 6) is 0. The van der Waals surface area contributed by atoms with Crippen molar-refractivity contribution in [2.75, 3.05) is 0 Å². The van der Waals surface area contributed by atoms with E-state index in [4.69, 9.17) is 0 Å². The van der Waals surface area contributed by atoms with Crippen LogP contribution in [0.4, 0.5) is 28.2 Å². The number of hydrogen-bond donors (Lipinski definition) is 0. The molecule has 0 atom stereocenters. The number of hydrogen-bond acceptors (Lipinski definition) is 1. The van der Waals surface area contributed by atoms with Crippen LogP contribution in [0.1, 0.15) is 0 Å². The Morgan fingerprint density at radius 3 is 0.923 bits per heavy atom. The van der Waals surface area contributed by atoms with Gasteiger partial charge < -0.3 is 0 Å². The first-order valence-electron chi connectivity index (χ1n) is 1.85. The van der Waals surface area contributed by atoms with E-state index in [9.17, 15) is 0 Å². The summed E-state index contributed by atoms with van der Waals surface area (Å²) < 4.78 is 0. The van der Waals surface area contributed by atoms with Gasteiger partial charge in [-0.3, -0.25) is 33.2 Å². The second-order valence-corrected chi connectivity index (χ2v) is 1.02. The Morgan fingerprint density at radius 2 is 0.846 bits per heavy atom. The predicted octanol–water partition coefficient (Wildman–Crippen LogP) is 0.813. The van der Waals surface area contributed by atoms with E-state index in [1.807, 2.05) is 18.2 Å². The second kappa shape index (κ2) is 41.7. The summed E-state index contributed by atoms with van der Waals surface area (Å²) in [4.78, 5) is 3.78. The largest absolute Gasteiger partial charge is 0.265 e. The normalized spacial score (nSPS) is 3.69. The monoisotopic (exact) mass is 323 g/mol. The van der Waals surface area contributed by atoms with Gasteiger partial charge in [0.05, 0.1) is 0 Å². The zero-order chi connectivity index (χ0) is 4.24. The van der Waals surface area contributed by atoms with E-state index in [1.54, 1.807) is 12.4 Å². The van der Waals surface area contributed by atoms with Gasteiger partial charge in [-0.2, -0.15) is 0 Å². The van der Waals surface area contributed by atoms with E-state index >= 15 is 0 Å². The molecular weight excluding hydrogens is 310 g/mol. The van der Waals surface area contributed by atoms with Crippen LogP contribution in [0.3, 0.4) is 0 Å². The van der Waals surface area contributed by atoms with Crippen LogP contribution in [0, 0.1) is 0 Å². The molecule has 0 aliphatic rings. The van der Waals surface area contributed by atoms with Crippen LogP contribution in [0.15, 0.2) is 30.6 Å². The summed E-state index contributed by atoms with van der Waals surface area (Å²) in [6.45, 7) is 0. The molecule has 13 heavy (non-hydrogen) atoms. The van der Waals surface area contributed by atoms with Gasteiger partial charge in [-0.05, 0) is 12.1 Å². The van der Waals surface area contributed by atoms with E-state index in [2.05, 4.69) is 4.98 Å². The smallest absolute Gasteiger partial charge is 0.0267 e. The molecule has 0 amide bonds. The van der Waals surface area contributed by atoms with Crippen LogP contribution in [-0.2, 0) is 0 Å². The summed E-state index contributed by atoms with van der Waals surface area (Å²) in [5, 5.41) is 0. The van der Waals surface area contributed by atoms with Gasteiger partial charge in [0.2, 0.25) is 0 Å². The molecule has 1 heterocycles. The summed E-state index contributed by atoms with van der Waals surface area (Å²) in [7, 11) is 0. The van der Waals surface area contributed by atoms with Crippen LogP contribution in [0.5, 0.6) is 0 Å². The molecule has 0 fully saturated rings. The molecule has 0 aliphatic carbocycles. The molecule has 0 spiro atoms. The Morgan fingerprint density at radius 1 is 0.538 bits per heavy atom. The number of aromatic nitrogens is 1. The van der Waals surface area contributed by atoms with Gasteiger partial charge in [0.1, 0.15) is 0 Å². The number of nitrogens with zero attached hydrogens (tertiary/aromatic N) is 1. The molecule has 0 aromatic carbocycles. The quantitative estimate of drug-likeness (QED) is 0.509. The number of rotatable bonds is 0. The zero-order valence-electron chi connectivity index (χ0n) is 6.49. The van der Waals surface area contributed by atoms with Gasteiger partial charge in [0, 0.05) is 12.4 Å².